The van der Waals surface area contributed by atoms with Crippen molar-refractivity contribution < 1.29 is 14.1 Å². The molecule has 0 fully saturated rings. The molecule has 0 radical (unpaired) electrons. The monoisotopic (exact) mass is 327 g/mol. The molecular formula is C11H13N5O3S2. The summed E-state index contributed by atoms with van der Waals surface area (Å²) < 4.78 is 5.43. The zero-order valence-corrected chi connectivity index (χ0v) is 13.2. The van der Waals surface area contributed by atoms with Crippen LogP contribution in [0.4, 0.5) is 5.13 Å². The number of hydrogen-bond donors (Lipinski definition) is 1. The predicted octanol–water partition coefficient (Wildman–Crippen LogP) is 1.27. The van der Waals surface area contributed by atoms with Crippen molar-refractivity contribution >= 4 is 40.0 Å². The molecule has 0 bridgehead atoms. The first-order chi connectivity index (χ1) is 9.95. The second kappa shape index (κ2) is 6.68. The lowest BCUT2D eigenvalue weighted by Gasteiger charge is -2.07. The standard InChI is InChI=1S/C11H13N5O3S2/c1-6-4-7(15-19-6)9(18)12-10-13-14-11(21-10)20-5-8(17)16(2)3/h4H,5H2,1-3H3,(H,12,13,18). The maximum Gasteiger partial charge on any atom is 0.279 e. The highest BCUT2D eigenvalue weighted by Gasteiger charge is 2.14. The summed E-state index contributed by atoms with van der Waals surface area (Å²) in [6.07, 6.45) is 0. The van der Waals surface area contributed by atoms with Crippen LogP contribution in [-0.2, 0) is 4.79 Å². The zero-order chi connectivity index (χ0) is 15.4. The first kappa shape index (κ1) is 15.4. The van der Waals surface area contributed by atoms with E-state index in [0.717, 1.165) is 0 Å². The van der Waals surface area contributed by atoms with Crippen molar-refractivity contribution in [1.82, 2.24) is 20.3 Å². The number of rotatable bonds is 5. The maximum atomic E-state index is 11.8. The number of anilines is 1. The van der Waals surface area contributed by atoms with E-state index in [1.807, 2.05) is 0 Å². The number of carbonyl (C=O) groups is 2. The molecule has 2 heterocycles. The van der Waals surface area contributed by atoms with E-state index in [4.69, 9.17) is 4.52 Å². The van der Waals surface area contributed by atoms with Gasteiger partial charge in [0, 0.05) is 20.2 Å². The fraction of sp³-hybridized carbons (Fsp3) is 0.364. The Morgan fingerprint density at radius 3 is 2.81 bits per heavy atom. The minimum atomic E-state index is -0.413. The van der Waals surface area contributed by atoms with Gasteiger partial charge in [0.05, 0.1) is 5.75 Å². The summed E-state index contributed by atoms with van der Waals surface area (Å²) in [4.78, 5) is 24.8. The number of aryl methyl sites for hydroxylation is 1. The summed E-state index contributed by atoms with van der Waals surface area (Å²) in [5, 5.41) is 14.3. The van der Waals surface area contributed by atoms with Gasteiger partial charge in [-0.2, -0.15) is 0 Å². The Labute approximate surface area is 128 Å². The minimum absolute atomic E-state index is 0.0149. The van der Waals surface area contributed by atoms with Crippen molar-refractivity contribution in [2.75, 3.05) is 25.2 Å². The molecule has 10 heteroatoms. The molecule has 2 aromatic heterocycles. The van der Waals surface area contributed by atoms with Gasteiger partial charge in [-0.25, -0.2) is 0 Å². The Hall–Kier alpha value is -1.94. The Kier molecular flexibility index (Phi) is 4.91. The number of thioether (sulfide) groups is 1. The van der Waals surface area contributed by atoms with E-state index in [2.05, 4.69) is 20.7 Å². The van der Waals surface area contributed by atoms with Gasteiger partial charge in [0.1, 0.15) is 5.76 Å². The van der Waals surface area contributed by atoms with Crippen LogP contribution in [0.15, 0.2) is 14.9 Å². The van der Waals surface area contributed by atoms with Gasteiger partial charge < -0.3 is 9.42 Å². The van der Waals surface area contributed by atoms with Crippen molar-refractivity contribution in [1.29, 1.82) is 0 Å². The largest absolute Gasteiger partial charge is 0.361 e. The molecule has 1 N–H and O–H groups in total. The molecular weight excluding hydrogens is 314 g/mol. The van der Waals surface area contributed by atoms with Crippen LogP contribution in [0.5, 0.6) is 0 Å². The molecule has 2 aromatic rings. The smallest absolute Gasteiger partial charge is 0.279 e. The highest BCUT2D eigenvalue weighted by Crippen LogP contribution is 2.25. The topological polar surface area (TPSA) is 101 Å². The van der Waals surface area contributed by atoms with Gasteiger partial charge in [-0.15, -0.1) is 10.2 Å². The summed E-state index contributed by atoms with van der Waals surface area (Å²) >= 11 is 2.47. The van der Waals surface area contributed by atoms with E-state index >= 15 is 0 Å². The summed E-state index contributed by atoms with van der Waals surface area (Å²) in [5.74, 6) is 0.400. The van der Waals surface area contributed by atoms with Crippen LogP contribution in [0.1, 0.15) is 16.2 Å². The fourth-order valence-corrected chi connectivity index (χ4v) is 2.93. The SMILES string of the molecule is Cc1cc(C(=O)Nc2nnc(SCC(=O)N(C)C)s2)no1. The van der Waals surface area contributed by atoms with Gasteiger partial charge in [-0.05, 0) is 6.92 Å². The molecule has 21 heavy (non-hydrogen) atoms. The third kappa shape index (κ3) is 4.26. The quantitative estimate of drug-likeness (QED) is 0.651. The van der Waals surface area contributed by atoms with Gasteiger partial charge in [-0.3, -0.25) is 14.9 Å². The highest BCUT2D eigenvalue weighted by molar-refractivity contribution is 8.01. The van der Waals surface area contributed by atoms with Crippen LogP contribution < -0.4 is 5.32 Å². The van der Waals surface area contributed by atoms with Crippen molar-refractivity contribution in [2.45, 2.75) is 11.3 Å². The zero-order valence-electron chi connectivity index (χ0n) is 11.6. The van der Waals surface area contributed by atoms with Gasteiger partial charge in [0.2, 0.25) is 11.0 Å². The number of carbonyl (C=O) groups excluding carboxylic acids is 2. The Bertz CT molecular complexity index is 652. The molecule has 0 atom stereocenters. The van der Waals surface area contributed by atoms with Crippen LogP contribution in [0.2, 0.25) is 0 Å². The van der Waals surface area contributed by atoms with E-state index in [1.54, 1.807) is 21.0 Å². The van der Waals surface area contributed by atoms with Gasteiger partial charge >= 0.3 is 0 Å². The Balaban J connectivity index is 1.91. The molecule has 8 nitrogen and oxygen atoms in total. The molecule has 0 aliphatic carbocycles. The second-order valence-corrected chi connectivity index (χ2v) is 6.43. The molecule has 2 amide bonds. The first-order valence-electron chi connectivity index (χ1n) is 5.87. The lowest BCUT2D eigenvalue weighted by molar-refractivity contribution is -0.125. The van der Waals surface area contributed by atoms with Gasteiger partial charge in [0.15, 0.2) is 10.0 Å². The molecule has 0 aromatic carbocycles. The van der Waals surface area contributed by atoms with E-state index in [9.17, 15) is 9.59 Å². The second-order valence-electron chi connectivity index (χ2n) is 4.23. The van der Waals surface area contributed by atoms with E-state index in [0.29, 0.717) is 15.2 Å². The van der Waals surface area contributed by atoms with Crippen molar-refractivity contribution in [3.05, 3.63) is 17.5 Å². The molecule has 0 saturated heterocycles. The number of amides is 2. The number of nitrogens with zero attached hydrogens (tertiary/aromatic N) is 4. The summed E-state index contributed by atoms with van der Waals surface area (Å²) in [6.45, 7) is 1.70. The average molecular weight is 327 g/mol. The van der Waals surface area contributed by atoms with E-state index in [1.165, 1.54) is 34.1 Å². The molecule has 0 aliphatic heterocycles. The van der Waals surface area contributed by atoms with Crippen molar-refractivity contribution in [3.8, 4) is 0 Å². The van der Waals surface area contributed by atoms with E-state index in [-0.39, 0.29) is 17.4 Å². The maximum absolute atomic E-state index is 11.8. The predicted molar refractivity (Wildman–Crippen MR) is 78.5 cm³/mol. The Morgan fingerprint density at radius 1 is 1.43 bits per heavy atom. The molecule has 0 unspecified atom stereocenters. The number of hydrogen-bond acceptors (Lipinski definition) is 8. The molecule has 2 rings (SSSR count). The molecule has 0 spiro atoms. The highest BCUT2D eigenvalue weighted by atomic mass is 32.2. The average Bonchev–Trinajstić information content (AvgIpc) is 3.05. The van der Waals surface area contributed by atoms with Crippen LogP contribution in [0.3, 0.4) is 0 Å². The Morgan fingerprint density at radius 2 is 2.19 bits per heavy atom. The number of nitrogens with one attached hydrogen (secondary N) is 1. The first-order valence-corrected chi connectivity index (χ1v) is 7.67. The summed E-state index contributed by atoms with van der Waals surface area (Å²) in [6, 6.07) is 1.53. The third-order valence-electron chi connectivity index (χ3n) is 2.31. The summed E-state index contributed by atoms with van der Waals surface area (Å²) in [7, 11) is 3.38. The van der Waals surface area contributed by atoms with Crippen molar-refractivity contribution in [2.24, 2.45) is 0 Å². The van der Waals surface area contributed by atoms with Crippen LogP contribution >= 0.6 is 23.1 Å². The van der Waals surface area contributed by atoms with E-state index < -0.39 is 5.91 Å². The number of aromatic nitrogens is 3. The van der Waals surface area contributed by atoms with Gasteiger partial charge in [-0.1, -0.05) is 28.3 Å². The lowest BCUT2D eigenvalue weighted by Crippen LogP contribution is -2.23. The molecule has 112 valence electrons. The van der Waals surface area contributed by atoms with Crippen LogP contribution in [0.25, 0.3) is 0 Å². The lowest BCUT2D eigenvalue weighted by atomic mass is 10.4. The normalized spacial score (nSPS) is 10.4. The van der Waals surface area contributed by atoms with Crippen LogP contribution in [0, 0.1) is 6.92 Å². The van der Waals surface area contributed by atoms with Crippen LogP contribution in [-0.4, -0.2) is 51.9 Å². The third-order valence-corrected chi connectivity index (χ3v) is 4.26. The summed E-state index contributed by atoms with van der Waals surface area (Å²) in [5.41, 5.74) is 0.180. The molecule has 0 aliphatic rings. The minimum Gasteiger partial charge on any atom is -0.361 e. The fourth-order valence-electron chi connectivity index (χ4n) is 1.21. The van der Waals surface area contributed by atoms with Gasteiger partial charge in [0.25, 0.3) is 5.91 Å². The van der Waals surface area contributed by atoms with Crippen molar-refractivity contribution in [3.63, 3.8) is 0 Å². The molecule has 0 saturated carbocycles.